The average Bonchev–Trinajstić information content (AvgIpc) is 2.98. The van der Waals surface area contributed by atoms with Gasteiger partial charge in [0.1, 0.15) is 6.10 Å². The van der Waals surface area contributed by atoms with Crippen LogP contribution in [0.1, 0.15) is 11.7 Å². The van der Waals surface area contributed by atoms with Crippen molar-refractivity contribution in [2.24, 2.45) is 5.11 Å². The highest BCUT2D eigenvalue weighted by molar-refractivity contribution is 5.54. The second-order valence-corrected chi connectivity index (χ2v) is 3.78. The lowest BCUT2D eigenvalue weighted by atomic mass is 10.0. The molecule has 1 heterocycles. The molecule has 0 aliphatic heterocycles. The van der Waals surface area contributed by atoms with Crippen LogP contribution >= 0.6 is 0 Å². The summed E-state index contributed by atoms with van der Waals surface area (Å²) < 4.78 is 0. The second kappa shape index (κ2) is 5.91. The first kappa shape index (κ1) is 13.0. The van der Waals surface area contributed by atoms with Gasteiger partial charge in [-0.2, -0.15) is 5.21 Å². The van der Waals surface area contributed by atoms with Crippen LogP contribution in [0.2, 0.25) is 0 Å². The van der Waals surface area contributed by atoms with Crippen molar-refractivity contribution in [1.29, 1.82) is 0 Å². The molecule has 1 aromatic heterocycles. The van der Waals surface area contributed by atoms with E-state index in [2.05, 4.69) is 30.7 Å². The Labute approximate surface area is 107 Å². The molecule has 2 atom stereocenters. The van der Waals surface area contributed by atoms with E-state index in [1.165, 1.54) is 0 Å². The Hall–Kier alpha value is -2.48. The molecular weight excluding hydrogens is 250 g/mol. The third kappa shape index (κ3) is 3.05. The molecule has 0 saturated heterocycles. The van der Waals surface area contributed by atoms with Crippen molar-refractivity contribution in [2.75, 3.05) is 6.54 Å². The van der Waals surface area contributed by atoms with E-state index >= 15 is 0 Å². The first-order valence-electron chi connectivity index (χ1n) is 5.43. The van der Waals surface area contributed by atoms with Crippen molar-refractivity contribution >= 4 is 0 Å². The third-order valence-corrected chi connectivity index (χ3v) is 2.55. The van der Waals surface area contributed by atoms with E-state index in [0.29, 0.717) is 11.4 Å². The van der Waals surface area contributed by atoms with Crippen molar-refractivity contribution in [2.45, 2.75) is 12.2 Å². The van der Waals surface area contributed by atoms with Gasteiger partial charge in [0.2, 0.25) is 5.82 Å². The maximum Gasteiger partial charge on any atom is 0.204 e. The summed E-state index contributed by atoms with van der Waals surface area (Å²) in [5.74, 6) is 0.440. The maximum atomic E-state index is 9.85. The Morgan fingerprint density at radius 2 is 2.05 bits per heavy atom. The molecule has 0 amide bonds. The van der Waals surface area contributed by atoms with Crippen molar-refractivity contribution < 1.29 is 10.2 Å². The Morgan fingerprint density at radius 1 is 1.32 bits per heavy atom. The van der Waals surface area contributed by atoms with Crippen LogP contribution in [-0.2, 0) is 0 Å². The van der Waals surface area contributed by atoms with Gasteiger partial charge >= 0.3 is 0 Å². The number of tetrazole rings is 1. The normalized spacial score (nSPS) is 13.6. The van der Waals surface area contributed by atoms with Gasteiger partial charge in [0.05, 0.1) is 12.6 Å². The van der Waals surface area contributed by atoms with Gasteiger partial charge in [0, 0.05) is 10.5 Å². The molecule has 2 aromatic rings. The fourth-order valence-electron chi connectivity index (χ4n) is 1.56. The molecule has 2 unspecified atom stereocenters. The lowest BCUT2D eigenvalue weighted by molar-refractivity contribution is 0.0244. The zero-order valence-corrected chi connectivity index (χ0v) is 9.75. The molecule has 0 aliphatic carbocycles. The Balaban J connectivity index is 2.11. The van der Waals surface area contributed by atoms with E-state index in [1.54, 1.807) is 24.3 Å². The number of nitrogens with zero attached hydrogens (tertiary/aromatic N) is 6. The lowest BCUT2D eigenvalue weighted by Gasteiger charge is -2.16. The summed E-state index contributed by atoms with van der Waals surface area (Å²) >= 11 is 0. The van der Waals surface area contributed by atoms with Crippen LogP contribution < -0.4 is 0 Å². The minimum Gasteiger partial charge on any atom is -0.390 e. The predicted octanol–water partition coefficient (Wildman–Crippen LogP) is 0.571. The van der Waals surface area contributed by atoms with Crippen LogP contribution in [0, 0.1) is 0 Å². The summed E-state index contributed by atoms with van der Waals surface area (Å²) in [6, 6.07) is 6.67. The number of azide groups is 1. The van der Waals surface area contributed by atoms with Gasteiger partial charge in [-0.1, -0.05) is 29.4 Å². The first-order valence-corrected chi connectivity index (χ1v) is 5.43. The van der Waals surface area contributed by atoms with Crippen LogP contribution in [0.4, 0.5) is 0 Å². The molecule has 0 radical (unpaired) electrons. The molecule has 0 fully saturated rings. The fraction of sp³-hybridized carbons (Fsp3) is 0.300. The molecule has 2 rings (SSSR count). The highest BCUT2D eigenvalue weighted by atomic mass is 16.3. The number of aliphatic hydroxyl groups excluding tert-OH is 2. The molecule has 9 nitrogen and oxygen atoms in total. The van der Waals surface area contributed by atoms with Crippen LogP contribution in [0.3, 0.4) is 0 Å². The summed E-state index contributed by atoms with van der Waals surface area (Å²) in [6.07, 6.45) is -2.27. The molecule has 0 spiro atoms. The van der Waals surface area contributed by atoms with E-state index < -0.39 is 12.2 Å². The Morgan fingerprint density at radius 3 is 2.63 bits per heavy atom. The molecular formula is C10H11N7O2. The average molecular weight is 261 g/mol. The third-order valence-electron chi connectivity index (χ3n) is 2.55. The summed E-state index contributed by atoms with van der Waals surface area (Å²) in [5, 5.41) is 36.1. The maximum absolute atomic E-state index is 9.85. The van der Waals surface area contributed by atoms with Crippen LogP contribution in [0.5, 0.6) is 0 Å². The second-order valence-electron chi connectivity index (χ2n) is 3.78. The number of rotatable bonds is 5. The predicted molar refractivity (Wildman–Crippen MR) is 64.6 cm³/mol. The fourth-order valence-corrected chi connectivity index (χ4v) is 1.56. The molecule has 19 heavy (non-hydrogen) atoms. The Kier molecular flexibility index (Phi) is 4.04. The standard InChI is InChI=1S/C10H11N7O2/c11-15-12-5-8(18)9(19)6-1-3-7(4-2-6)10-13-16-17-14-10/h1-4,8-9,18-19H,5H2,(H,13,14,16,17). The van der Waals surface area contributed by atoms with Crippen molar-refractivity contribution in [3.8, 4) is 11.4 Å². The number of aliphatic hydroxyl groups is 2. The number of hydrogen-bond acceptors (Lipinski definition) is 6. The minimum absolute atomic E-state index is 0.190. The molecule has 98 valence electrons. The number of hydrogen-bond donors (Lipinski definition) is 3. The van der Waals surface area contributed by atoms with Crippen LogP contribution in [-0.4, -0.2) is 43.5 Å². The Bertz CT molecular complexity index is 562. The van der Waals surface area contributed by atoms with E-state index in [4.69, 9.17) is 5.53 Å². The van der Waals surface area contributed by atoms with Crippen molar-refractivity contribution in [3.63, 3.8) is 0 Å². The lowest BCUT2D eigenvalue weighted by Crippen LogP contribution is -2.21. The van der Waals surface area contributed by atoms with E-state index in [1.807, 2.05) is 0 Å². The summed E-state index contributed by atoms with van der Waals surface area (Å²) in [6.45, 7) is -0.190. The van der Waals surface area contributed by atoms with Gasteiger partial charge in [-0.25, -0.2) is 0 Å². The number of nitrogens with one attached hydrogen (secondary N) is 1. The van der Waals surface area contributed by atoms with Crippen LogP contribution in [0.25, 0.3) is 21.8 Å². The molecule has 1 aromatic carbocycles. The first-order chi connectivity index (χ1) is 9.22. The monoisotopic (exact) mass is 261 g/mol. The van der Waals surface area contributed by atoms with E-state index in [0.717, 1.165) is 5.56 Å². The molecule has 9 heteroatoms. The highest BCUT2D eigenvalue weighted by Gasteiger charge is 2.17. The highest BCUT2D eigenvalue weighted by Crippen LogP contribution is 2.21. The molecule has 0 bridgehead atoms. The topological polar surface area (TPSA) is 144 Å². The van der Waals surface area contributed by atoms with Gasteiger partial charge in [-0.3, -0.25) is 0 Å². The van der Waals surface area contributed by atoms with Gasteiger partial charge in [0.25, 0.3) is 0 Å². The zero-order chi connectivity index (χ0) is 13.7. The van der Waals surface area contributed by atoms with E-state index in [9.17, 15) is 10.2 Å². The van der Waals surface area contributed by atoms with Gasteiger partial charge < -0.3 is 10.2 Å². The quantitative estimate of drug-likeness (QED) is 0.409. The van der Waals surface area contributed by atoms with Crippen molar-refractivity contribution in [3.05, 3.63) is 40.3 Å². The van der Waals surface area contributed by atoms with Crippen LogP contribution in [0.15, 0.2) is 29.4 Å². The van der Waals surface area contributed by atoms with E-state index in [-0.39, 0.29) is 6.54 Å². The van der Waals surface area contributed by atoms with Crippen molar-refractivity contribution in [1.82, 2.24) is 20.6 Å². The molecule has 0 aliphatic rings. The zero-order valence-electron chi connectivity index (χ0n) is 9.75. The number of aromatic amines is 1. The smallest absolute Gasteiger partial charge is 0.204 e. The number of H-pyrrole nitrogens is 1. The summed E-state index contributed by atoms with van der Waals surface area (Å²) in [4.78, 5) is 2.53. The molecule has 3 N–H and O–H groups in total. The van der Waals surface area contributed by atoms with Gasteiger partial charge in [-0.15, -0.1) is 10.2 Å². The molecule has 0 saturated carbocycles. The van der Waals surface area contributed by atoms with Gasteiger partial charge in [0.15, 0.2) is 0 Å². The largest absolute Gasteiger partial charge is 0.390 e. The SMILES string of the molecule is [N-]=[N+]=NCC(O)C(O)c1ccc(-c2nn[nH]n2)cc1. The summed E-state index contributed by atoms with van der Waals surface area (Å²) in [5.41, 5.74) is 9.39. The minimum atomic E-state index is -1.15. The number of benzene rings is 1. The number of aromatic nitrogens is 4. The summed E-state index contributed by atoms with van der Waals surface area (Å²) in [7, 11) is 0. The van der Waals surface area contributed by atoms with Gasteiger partial charge in [-0.05, 0) is 16.3 Å².